The second kappa shape index (κ2) is 8.27. The molecule has 0 spiro atoms. The van der Waals surface area contributed by atoms with Crippen LogP contribution in [0.25, 0.3) is 0 Å². The molecule has 19 heavy (non-hydrogen) atoms. The van der Waals surface area contributed by atoms with Gasteiger partial charge in [0.1, 0.15) is 12.2 Å². The summed E-state index contributed by atoms with van der Waals surface area (Å²) in [5.41, 5.74) is 1.17. The van der Waals surface area contributed by atoms with Gasteiger partial charge in [0, 0.05) is 33.4 Å². The second-order valence-corrected chi connectivity index (χ2v) is 4.66. The van der Waals surface area contributed by atoms with E-state index in [0.717, 1.165) is 32.7 Å². The summed E-state index contributed by atoms with van der Waals surface area (Å²) in [6.07, 6.45) is 0.976. The van der Waals surface area contributed by atoms with E-state index in [1.54, 1.807) is 7.11 Å². The van der Waals surface area contributed by atoms with E-state index >= 15 is 0 Å². The number of benzene rings is 1. The maximum absolute atomic E-state index is 6.02. The van der Waals surface area contributed by atoms with Crippen LogP contribution in [0.5, 0.6) is 0 Å². The van der Waals surface area contributed by atoms with Crippen molar-refractivity contribution in [1.82, 2.24) is 5.32 Å². The van der Waals surface area contributed by atoms with E-state index < -0.39 is 0 Å². The van der Waals surface area contributed by atoms with E-state index in [4.69, 9.17) is 14.2 Å². The fourth-order valence-electron chi connectivity index (χ4n) is 2.25. The minimum absolute atomic E-state index is 0.00847. The molecule has 2 rings (SSSR count). The van der Waals surface area contributed by atoms with Crippen molar-refractivity contribution in [3.8, 4) is 0 Å². The lowest BCUT2D eigenvalue weighted by atomic mass is 10.0. The molecular weight excluding hydrogens is 242 g/mol. The van der Waals surface area contributed by atoms with E-state index in [1.807, 2.05) is 18.2 Å². The van der Waals surface area contributed by atoms with Crippen LogP contribution in [-0.2, 0) is 14.2 Å². The van der Waals surface area contributed by atoms with Gasteiger partial charge in [-0.25, -0.2) is 0 Å². The van der Waals surface area contributed by atoms with Crippen LogP contribution in [0, 0.1) is 0 Å². The Kier molecular flexibility index (Phi) is 6.30. The number of hydrogen-bond acceptors (Lipinski definition) is 4. The molecule has 0 aliphatic carbocycles. The van der Waals surface area contributed by atoms with Crippen LogP contribution in [0.15, 0.2) is 30.3 Å². The van der Waals surface area contributed by atoms with E-state index in [-0.39, 0.29) is 12.2 Å². The topological polar surface area (TPSA) is 39.7 Å². The molecule has 0 unspecified atom stereocenters. The minimum atomic E-state index is -0.00847. The fraction of sp³-hybridized carbons (Fsp3) is 0.600. The van der Waals surface area contributed by atoms with Gasteiger partial charge in [0.05, 0.1) is 6.61 Å². The number of hydrogen-bond donors (Lipinski definition) is 1. The van der Waals surface area contributed by atoms with E-state index in [0.29, 0.717) is 6.61 Å². The van der Waals surface area contributed by atoms with Crippen LogP contribution in [0.1, 0.15) is 18.1 Å². The number of nitrogens with one attached hydrogen (secondary N) is 1. The zero-order valence-electron chi connectivity index (χ0n) is 11.5. The van der Waals surface area contributed by atoms with Crippen molar-refractivity contribution in [2.45, 2.75) is 18.6 Å². The Bertz CT molecular complexity index is 339. The van der Waals surface area contributed by atoms with Crippen molar-refractivity contribution in [3.05, 3.63) is 35.9 Å². The number of morpholine rings is 1. The molecular formula is C15H23NO3. The quantitative estimate of drug-likeness (QED) is 0.763. The van der Waals surface area contributed by atoms with Crippen molar-refractivity contribution in [3.63, 3.8) is 0 Å². The summed E-state index contributed by atoms with van der Waals surface area (Å²) in [5, 5.41) is 3.36. The summed E-state index contributed by atoms with van der Waals surface area (Å²) in [4.78, 5) is 0. The highest BCUT2D eigenvalue weighted by Crippen LogP contribution is 2.24. The summed E-state index contributed by atoms with van der Waals surface area (Å²) in [5.74, 6) is 0. The monoisotopic (exact) mass is 265 g/mol. The van der Waals surface area contributed by atoms with Crippen LogP contribution in [0.3, 0.4) is 0 Å². The van der Waals surface area contributed by atoms with Gasteiger partial charge in [-0.2, -0.15) is 0 Å². The van der Waals surface area contributed by atoms with Gasteiger partial charge in [-0.05, 0) is 12.0 Å². The van der Waals surface area contributed by atoms with Crippen molar-refractivity contribution in [2.75, 3.05) is 40.0 Å². The van der Waals surface area contributed by atoms with E-state index in [2.05, 4.69) is 17.4 Å². The highest BCUT2D eigenvalue weighted by molar-refractivity contribution is 5.19. The third-order valence-electron chi connectivity index (χ3n) is 3.21. The predicted octanol–water partition coefficient (Wildman–Crippen LogP) is 1.77. The van der Waals surface area contributed by atoms with Crippen LogP contribution in [0.2, 0.25) is 0 Å². The third kappa shape index (κ3) is 4.58. The lowest BCUT2D eigenvalue weighted by Crippen LogP contribution is -2.42. The van der Waals surface area contributed by atoms with Crippen molar-refractivity contribution >= 4 is 0 Å². The first-order valence-electron chi connectivity index (χ1n) is 6.89. The Morgan fingerprint density at radius 1 is 1.32 bits per heavy atom. The highest BCUT2D eigenvalue weighted by atomic mass is 16.5. The molecule has 4 nitrogen and oxygen atoms in total. The molecule has 1 saturated heterocycles. The lowest BCUT2D eigenvalue weighted by Gasteiger charge is -2.31. The standard InChI is InChI=1S/C15H23NO3/c1-17-9-5-10-19-15(13-6-3-2-4-7-13)14-12-16-8-11-18-14/h2-4,6-7,14-16H,5,8-12H2,1H3/t14-,15+/m1/s1. The average molecular weight is 265 g/mol. The summed E-state index contributed by atoms with van der Waals surface area (Å²) in [6.45, 7) is 3.92. The molecule has 0 aromatic heterocycles. The lowest BCUT2D eigenvalue weighted by molar-refractivity contribution is -0.0885. The van der Waals surface area contributed by atoms with Gasteiger partial charge in [-0.3, -0.25) is 0 Å². The Morgan fingerprint density at radius 3 is 2.84 bits per heavy atom. The summed E-state index contributed by atoms with van der Waals surface area (Å²) in [7, 11) is 1.71. The first-order chi connectivity index (χ1) is 9.42. The minimum Gasteiger partial charge on any atom is -0.385 e. The maximum atomic E-state index is 6.02. The molecule has 2 atom stereocenters. The molecule has 1 aromatic carbocycles. The Morgan fingerprint density at radius 2 is 2.16 bits per heavy atom. The molecule has 0 amide bonds. The van der Waals surface area contributed by atoms with Gasteiger partial charge in [-0.15, -0.1) is 0 Å². The zero-order chi connectivity index (χ0) is 13.3. The molecule has 1 aliphatic heterocycles. The molecule has 0 bridgehead atoms. The smallest absolute Gasteiger partial charge is 0.110 e. The number of methoxy groups -OCH3 is 1. The summed E-state index contributed by atoms with van der Waals surface area (Å²) >= 11 is 0. The molecule has 1 N–H and O–H groups in total. The van der Waals surface area contributed by atoms with Crippen molar-refractivity contribution < 1.29 is 14.2 Å². The SMILES string of the molecule is COCCCO[C@@H](c1ccccc1)[C@H]1CNCCO1. The molecule has 4 heteroatoms. The second-order valence-electron chi connectivity index (χ2n) is 4.66. The predicted molar refractivity (Wildman–Crippen MR) is 74.2 cm³/mol. The first-order valence-corrected chi connectivity index (χ1v) is 6.89. The van der Waals surface area contributed by atoms with Crippen molar-refractivity contribution in [2.24, 2.45) is 0 Å². The number of rotatable bonds is 7. The molecule has 106 valence electrons. The van der Waals surface area contributed by atoms with Crippen LogP contribution < -0.4 is 5.32 Å². The van der Waals surface area contributed by atoms with Gasteiger partial charge in [-0.1, -0.05) is 30.3 Å². The average Bonchev–Trinajstić information content (AvgIpc) is 2.49. The normalized spacial score (nSPS) is 21.2. The van der Waals surface area contributed by atoms with Gasteiger partial charge < -0.3 is 19.5 Å². The van der Waals surface area contributed by atoms with Crippen LogP contribution in [-0.4, -0.2) is 46.1 Å². The Balaban J connectivity index is 1.96. The highest BCUT2D eigenvalue weighted by Gasteiger charge is 2.26. The van der Waals surface area contributed by atoms with E-state index in [9.17, 15) is 0 Å². The molecule has 0 saturated carbocycles. The van der Waals surface area contributed by atoms with Gasteiger partial charge in [0.15, 0.2) is 0 Å². The number of ether oxygens (including phenoxy) is 3. The fourth-order valence-corrected chi connectivity index (χ4v) is 2.25. The van der Waals surface area contributed by atoms with E-state index in [1.165, 1.54) is 5.56 Å². The molecule has 1 aliphatic rings. The third-order valence-corrected chi connectivity index (χ3v) is 3.21. The summed E-state index contributed by atoms with van der Waals surface area (Å²) < 4.78 is 16.9. The largest absolute Gasteiger partial charge is 0.385 e. The Hall–Kier alpha value is -0.940. The Labute approximate surface area is 115 Å². The van der Waals surface area contributed by atoms with Crippen LogP contribution in [0.4, 0.5) is 0 Å². The van der Waals surface area contributed by atoms with Gasteiger partial charge in [0.2, 0.25) is 0 Å². The molecule has 0 radical (unpaired) electrons. The van der Waals surface area contributed by atoms with Gasteiger partial charge in [0.25, 0.3) is 0 Å². The molecule has 1 aromatic rings. The molecule has 1 heterocycles. The zero-order valence-corrected chi connectivity index (χ0v) is 11.5. The van der Waals surface area contributed by atoms with Crippen LogP contribution >= 0.6 is 0 Å². The molecule has 1 fully saturated rings. The van der Waals surface area contributed by atoms with Crippen molar-refractivity contribution in [1.29, 1.82) is 0 Å². The summed E-state index contributed by atoms with van der Waals surface area (Å²) in [6, 6.07) is 10.3. The van der Waals surface area contributed by atoms with Gasteiger partial charge >= 0.3 is 0 Å². The maximum Gasteiger partial charge on any atom is 0.110 e. The first kappa shape index (κ1) is 14.5.